The molecule has 0 fully saturated rings. The van der Waals surface area contributed by atoms with Gasteiger partial charge in [0.15, 0.2) is 9.84 Å². The summed E-state index contributed by atoms with van der Waals surface area (Å²) in [6.45, 7) is 1.62. The average Bonchev–Trinajstić information content (AvgIpc) is 2.69. The van der Waals surface area contributed by atoms with Crippen LogP contribution in [-0.2, 0) is 16.0 Å². The Morgan fingerprint density at radius 1 is 0.974 bits per heavy atom. The van der Waals surface area contributed by atoms with Gasteiger partial charge in [0, 0.05) is 23.0 Å². The number of nitrogens with one attached hydrogen (secondary N) is 1. The zero-order valence-electron chi connectivity index (χ0n) is 20.1. The molecule has 0 aliphatic carbocycles. The van der Waals surface area contributed by atoms with Gasteiger partial charge in [0.25, 0.3) is 11.8 Å². The second-order valence-electron chi connectivity index (χ2n) is 8.84. The van der Waals surface area contributed by atoms with Crippen molar-refractivity contribution in [3.8, 4) is 0 Å². The number of benzene rings is 2. The van der Waals surface area contributed by atoms with Crippen LogP contribution in [0.2, 0.25) is 10.0 Å². The lowest BCUT2D eigenvalue weighted by molar-refractivity contribution is -0.138. The van der Waals surface area contributed by atoms with E-state index >= 15 is 0 Å². The van der Waals surface area contributed by atoms with Crippen molar-refractivity contribution in [3.63, 3.8) is 0 Å². The number of sulfone groups is 1. The molecule has 2 aromatic rings. The van der Waals surface area contributed by atoms with Gasteiger partial charge < -0.3 is 5.32 Å². The zero-order chi connectivity index (χ0) is 30.0. The lowest BCUT2D eigenvalue weighted by Gasteiger charge is -2.21. The molecular formula is C24H21Cl2F8NO3S. The number of carbonyl (C=O) groups is 1. The largest absolute Gasteiger partial charge is 0.417 e. The molecule has 1 N–H and O–H groups in total. The molecule has 0 saturated heterocycles. The van der Waals surface area contributed by atoms with Crippen LogP contribution in [0.5, 0.6) is 0 Å². The number of alkyl halides is 8. The van der Waals surface area contributed by atoms with Crippen molar-refractivity contribution in [1.29, 1.82) is 0 Å². The Balaban J connectivity index is 2.36. The minimum atomic E-state index is -5.10. The van der Waals surface area contributed by atoms with E-state index in [4.69, 9.17) is 23.2 Å². The first-order valence-corrected chi connectivity index (χ1v) is 13.5. The molecular weight excluding hydrogens is 605 g/mol. The van der Waals surface area contributed by atoms with Gasteiger partial charge in [0.1, 0.15) is 5.75 Å². The number of allylic oxidation sites excluding steroid dienone is 1. The number of carbonyl (C=O) groups excluding carboxylic acids is 1. The van der Waals surface area contributed by atoms with Crippen molar-refractivity contribution in [3.05, 3.63) is 74.8 Å². The average molecular weight is 626 g/mol. The lowest BCUT2D eigenvalue weighted by Crippen LogP contribution is -2.40. The maximum absolute atomic E-state index is 14.3. The predicted molar refractivity (Wildman–Crippen MR) is 132 cm³/mol. The summed E-state index contributed by atoms with van der Waals surface area (Å²) in [6.07, 6.45) is -8.20. The van der Waals surface area contributed by atoms with E-state index in [0.29, 0.717) is 13.0 Å². The molecule has 0 saturated carbocycles. The molecule has 2 atom stereocenters. The van der Waals surface area contributed by atoms with Crippen LogP contribution in [0.3, 0.4) is 0 Å². The van der Waals surface area contributed by atoms with E-state index < -0.39 is 68.6 Å². The fraction of sp³-hybridized carbons (Fsp3) is 0.375. The predicted octanol–water partition coefficient (Wildman–Crippen LogP) is 7.56. The standard InChI is InChI=1S/C24H21Cl2F8NO3S/c1-13(11-39(37,38)12-23(29,30)31)35-21(36)18-5-3-14(7-20(18)24(32,33)34)4-6-19(22(2,27)28)15-8-16(25)10-17(26)9-15/h3-10,13,19H,11-12H2,1-2H3,(H,35,36)/b6-4+/t13-,19?/m1/s1. The minimum Gasteiger partial charge on any atom is -0.349 e. The van der Waals surface area contributed by atoms with Crippen molar-refractivity contribution in [2.45, 2.75) is 44.1 Å². The van der Waals surface area contributed by atoms with Gasteiger partial charge in [-0.1, -0.05) is 41.4 Å². The van der Waals surface area contributed by atoms with Crippen molar-refractivity contribution in [2.75, 3.05) is 11.5 Å². The number of hydrogen-bond donors (Lipinski definition) is 1. The maximum atomic E-state index is 14.3. The molecule has 1 unspecified atom stereocenters. The summed E-state index contributed by atoms with van der Waals surface area (Å²) in [7, 11) is -4.72. The molecule has 0 aromatic heterocycles. The highest BCUT2D eigenvalue weighted by atomic mass is 35.5. The molecule has 0 bridgehead atoms. The quantitative estimate of drug-likeness (QED) is 0.293. The summed E-state index contributed by atoms with van der Waals surface area (Å²) >= 11 is 11.8. The first kappa shape index (κ1) is 32.8. The summed E-state index contributed by atoms with van der Waals surface area (Å²) in [5, 5.41) is 2.07. The number of hydrogen-bond acceptors (Lipinski definition) is 3. The van der Waals surface area contributed by atoms with Gasteiger partial charge in [0.2, 0.25) is 0 Å². The van der Waals surface area contributed by atoms with Crippen LogP contribution in [0.4, 0.5) is 35.1 Å². The second-order valence-corrected chi connectivity index (χ2v) is 11.8. The Hall–Kier alpha value is -2.38. The molecule has 1 amide bonds. The molecule has 2 aromatic carbocycles. The normalized spacial score (nSPS) is 14.9. The van der Waals surface area contributed by atoms with Crippen molar-refractivity contribution >= 4 is 45.0 Å². The van der Waals surface area contributed by atoms with E-state index in [9.17, 15) is 48.3 Å². The van der Waals surface area contributed by atoms with Crippen LogP contribution in [0.1, 0.15) is 46.8 Å². The second kappa shape index (κ2) is 12.0. The number of halogens is 10. The Kier molecular flexibility index (Phi) is 10.1. The topological polar surface area (TPSA) is 63.2 Å². The molecule has 0 spiro atoms. The van der Waals surface area contributed by atoms with E-state index in [-0.39, 0.29) is 21.2 Å². The summed E-state index contributed by atoms with van der Waals surface area (Å²) in [5.41, 5.74) is -2.63. The summed E-state index contributed by atoms with van der Waals surface area (Å²) < 4.78 is 130. The summed E-state index contributed by atoms with van der Waals surface area (Å²) in [5.74, 6) is -9.72. The first-order chi connectivity index (χ1) is 17.6. The van der Waals surface area contributed by atoms with E-state index in [1.165, 1.54) is 18.2 Å². The van der Waals surface area contributed by atoms with Gasteiger partial charge >= 0.3 is 12.4 Å². The molecule has 216 valence electrons. The summed E-state index contributed by atoms with van der Waals surface area (Å²) in [6, 6.07) is 4.60. The number of amides is 1. The fourth-order valence-electron chi connectivity index (χ4n) is 3.67. The van der Waals surface area contributed by atoms with Gasteiger partial charge in [0.05, 0.1) is 22.8 Å². The van der Waals surface area contributed by atoms with Crippen LogP contribution < -0.4 is 5.32 Å². The molecule has 0 aliphatic rings. The Labute approximate surface area is 228 Å². The Bertz CT molecular complexity index is 1320. The van der Waals surface area contributed by atoms with Gasteiger partial charge in [-0.25, -0.2) is 17.2 Å². The molecule has 15 heteroatoms. The third-order valence-corrected chi connectivity index (χ3v) is 7.34. The van der Waals surface area contributed by atoms with Crippen molar-refractivity contribution in [2.24, 2.45) is 0 Å². The monoisotopic (exact) mass is 625 g/mol. The number of rotatable bonds is 9. The van der Waals surface area contributed by atoms with Crippen molar-refractivity contribution < 1.29 is 48.3 Å². The highest BCUT2D eigenvalue weighted by molar-refractivity contribution is 7.91. The van der Waals surface area contributed by atoms with Crippen LogP contribution in [0.25, 0.3) is 6.08 Å². The highest BCUT2D eigenvalue weighted by Crippen LogP contribution is 2.38. The van der Waals surface area contributed by atoms with E-state index in [1.807, 2.05) is 5.32 Å². The third kappa shape index (κ3) is 10.3. The van der Waals surface area contributed by atoms with Gasteiger partial charge in [-0.15, -0.1) is 0 Å². The molecule has 39 heavy (non-hydrogen) atoms. The molecule has 0 radical (unpaired) electrons. The van der Waals surface area contributed by atoms with Crippen LogP contribution in [0, 0.1) is 0 Å². The molecule has 2 rings (SSSR count). The maximum Gasteiger partial charge on any atom is 0.417 e. The molecule has 0 heterocycles. The first-order valence-electron chi connectivity index (χ1n) is 10.9. The Morgan fingerprint density at radius 3 is 2.03 bits per heavy atom. The van der Waals surface area contributed by atoms with E-state index in [0.717, 1.165) is 31.2 Å². The van der Waals surface area contributed by atoms with Gasteiger partial charge in [-0.3, -0.25) is 4.79 Å². The van der Waals surface area contributed by atoms with Gasteiger partial charge in [-0.05, 0) is 48.4 Å². The smallest absolute Gasteiger partial charge is 0.349 e. The van der Waals surface area contributed by atoms with Gasteiger partial charge in [-0.2, -0.15) is 26.3 Å². The molecule has 4 nitrogen and oxygen atoms in total. The minimum absolute atomic E-state index is 0.00208. The van der Waals surface area contributed by atoms with Crippen LogP contribution in [0.15, 0.2) is 42.5 Å². The zero-order valence-corrected chi connectivity index (χ0v) is 22.4. The Morgan fingerprint density at radius 2 is 1.54 bits per heavy atom. The van der Waals surface area contributed by atoms with Crippen LogP contribution in [-0.4, -0.2) is 44.0 Å². The molecule has 0 aliphatic heterocycles. The lowest BCUT2D eigenvalue weighted by atomic mass is 9.92. The van der Waals surface area contributed by atoms with E-state index in [2.05, 4.69) is 0 Å². The van der Waals surface area contributed by atoms with Crippen molar-refractivity contribution in [1.82, 2.24) is 5.32 Å². The highest BCUT2D eigenvalue weighted by Gasteiger charge is 2.38. The van der Waals surface area contributed by atoms with Crippen LogP contribution >= 0.6 is 23.2 Å². The SMILES string of the molecule is C[C@H](CS(=O)(=O)CC(F)(F)F)NC(=O)c1ccc(/C=C/C(c2cc(Cl)cc(Cl)c2)C(C)(F)F)cc1C(F)(F)F. The fourth-order valence-corrected chi connectivity index (χ4v) is 5.67. The summed E-state index contributed by atoms with van der Waals surface area (Å²) in [4.78, 5) is 12.5. The third-order valence-electron chi connectivity index (χ3n) is 5.13. The van der Waals surface area contributed by atoms with E-state index in [1.54, 1.807) is 0 Å².